The number of carbonyl (C=O) groups excluding carboxylic acids is 2. The van der Waals surface area contributed by atoms with Gasteiger partial charge in [0.2, 0.25) is 5.91 Å². The molecule has 0 unspecified atom stereocenters. The van der Waals surface area contributed by atoms with Crippen LogP contribution < -0.4 is 15.5 Å². The van der Waals surface area contributed by atoms with Crippen molar-refractivity contribution < 1.29 is 14.3 Å². The topological polar surface area (TPSA) is 79.8 Å². The summed E-state index contributed by atoms with van der Waals surface area (Å²) in [5.74, 6) is 0.153. The first-order valence-electron chi connectivity index (χ1n) is 10.5. The third-order valence-electron chi connectivity index (χ3n) is 5.00. The number of carbonyl (C=O) groups is 2. The van der Waals surface area contributed by atoms with Crippen molar-refractivity contribution in [2.45, 2.75) is 13.5 Å². The summed E-state index contributed by atoms with van der Waals surface area (Å²) >= 11 is 0. The minimum absolute atomic E-state index is 0.169. The zero-order valence-corrected chi connectivity index (χ0v) is 18.1. The highest BCUT2D eigenvalue weighted by molar-refractivity contribution is 6.03. The number of rotatable bonds is 7. The van der Waals surface area contributed by atoms with Crippen molar-refractivity contribution in [2.24, 2.45) is 5.10 Å². The molecule has 0 saturated heterocycles. The summed E-state index contributed by atoms with van der Waals surface area (Å²) in [6, 6.07) is 28.4. The Labute approximate surface area is 191 Å². The van der Waals surface area contributed by atoms with Gasteiger partial charge in [-0.15, -0.1) is 0 Å². The molecule has 4 rings (SSSR count). The van der Waals surface area contributed by atoms with E-state index < -0.39 is 0 Å². The Balaban J connectivity index is 1.52. The van der Waals surface area contributed by atoms with Crippen LogP contribution in [0.15, 0.2) is 96.1 Å². The van der Waals surface area contributed by atoms with E-state index in [1.807, 2.05) is 66.7 Å². The third-order valence-corrected chi connectivity index (χ3v) is 5.00. The third kappa shape index (κ3) is 5.62. The lowest BCUT2D eigenvalue weighted by Crippen LogP contribution is -2.17. The Morgan fingerprint density at radius 1 is 0.879 bits per heavy atom. The van der Waals surface area contributed by atoms with Gasteiger partial charge in [0.05, 0.1) is 6.21 Å². The summed E-state index contributed by atoms with van der Waals surface area (Å²) in [5, 5.41) is 8.87. The molecule has 0 bridgehead atoms. The molecule has 0 aliphatic carbocycles. The predicted octanol–water partition coefficient (Wildman–Crippen LogP) is 5.14. The van der Waals surface area contributed by atoms with Gasteiger partial charge < -0.3 is 10.1 Å². The van der Waals surface area contributed by atoms with Crippen LogP contribution in [0, 0.1) is 0 Å². The summed E-state index contributed by atoms with van der Waals surface area (Å²) in [5.41, 5.74) is 5.46. The summed E-state index contributed by atoms with van der Waals surface area (Å²) < 4.78 is 6.08. The lowest BCUT2D eigenvalue weighted by molar-refractivity contribution is -0.114. The average Bonchev–Trinajstić information content (AvgIpc) is 2.84. The molecule has 0 radical (unpaired) electrons. The van der Waals surface area contributed by atoms with Crippen molar-refractivity contribution in [3.63, 3.8) is 0 Å². The Morgan fingerprint density at radius 2 is 1.61 bits per heavy atom. The van der Waals surface area contributed by atoms with Gasteiger partial charge in [0.1, 0.15) is 12.4 Å². The maximum atomic E-state index is 12.5. The van der Waals surface area contributed by atoms with Crippen LogP contribution >= 0.6 is 0 Å². The molecule has 0 spiro atoms. The summed E-state index contributed by atoms with van der Waals surface area (Å²) in [4.78, 5) is 23.6. The molecule has 33 heavy (non-hydrogen) atoms. The number of hydrazone groups is 1. The SMILES string of the molecule is CC(=O)Nc1ccc(C(=O)N/N=C\c2c(OCc3ccccc3)ccc3ccccc23)cc1. The highest BCUT2D eigenvalue weighted by Gasteiger charge is 2.09. The second-order valence-corrected chi connectivity index (χ2v) is 7.43. The number of anilines is 1. The number of amides is 2. The fourth-order valence-corrected chi connectivity index (χ4v) is 3.40. The number of benzene rings is 4. The molecule has 164 valence electrons. The summed E-state index contributed by atoms with van der Waals surface area (Å²) in [6.45, 7) is 1.85. The normalized spacial score (nSPS) is 10.8. The molecular formula is C27H23N3O3. The Bertz CT molecular complexity index is 1300. The lowest BCUT2D eigenvalue weighted by atomic mass is 10.0. The van der Waals surface area contributed by atoms with Crippen LogP contribution in [-0.4, -0.2) is 18.0 Å². The van der Waals surface area contributed by atoms with Gasteiger partial charge in [-0.2, -0.15) is 5.10 Å². The van der Waals surface area contributed by atoms with E-state index in [1.54, 1.807) is 30.5 Å². The fraction of sp³-hybridized carbons (Fsp3) is 0.0741. The molecule has 6 heteroatoms. The molecule has 4 aromatic carbocycles. The number of hydrogen-bond donors (Lipinski definition) is 2. The van der Waals surface area contributed by atoms with Crippen LogP contribution in [-0.2, 0) is 11.4 Å². The highest BCUT2D eigenvalue weighted by atomic mass is 16.5. The van der Waals surface area contributed by atoms with Gasteiger partial charge in [-0.25, -0.2) is 5.43 Å². The van der Waals surface area contributed by atoms with Gasteiger partial charge in [0, 0.05) is 23.7 Å². The van der Waals surface area contributed by atoms with Crippen LogP contribution in [0.2, 0.25) is 0 Å². The molecule has 2 amide bonds. The lowest BCUT2D eigenvalue weighted by Gasteiger charge is -2.12. The number of nitrogens with one attached hydrogen (secondary N) is 2. The van der Waals surface area contributed by atoms with Crippen LogP contribution in [0.1, 0.15) is 28.4 Å². The van der Waals surface area contributed by atoms with Crippen LogP contribution in [0.4, 0.5) is 5.69 Å². The molecule has 0 atom stereocenters. The first kappa shape index (κ1) is 21.8. The smallest absolute Gasteiger partial charge is 0.271 e. The van der Waals surface area contributed by atoms with Crippen LogP contribution in [0.5, 0.6) is 5.75 Å². The monoisotopic (exact) mass is 437 g/mol. The molecule has 6 nitrogen and oxygen atoms in total. The highest BCUT2D eigenvalue weighted by Crippen LogP contribution is 2.27. The van der Waals surface area contributed by atoms with Gasteiger partial charge in [0.25, 0.3) is 5.91 Å². The Morgan fingerprint density at radius 3 is 2.36 bits per heavy atom. The van der Waals surface area contributed by atoms with Crippen molar-refractivity contribution in [2.75, 3.05) is 5.32 Å². The first-order valence-corrected chi connectivity index (χ1v) is 10.5. The second kappa shape index (κ2) is 10.2. The van der Waals surface area contributed by atoms with E-state index >= 15 is 0 Å². The zero-order valence-electron chi connectivity index (χ0n) is 18.1. The van der Waals surface area contributed by atoms with Crippen molar-refractivity contribution in [3.8, 4) is 5.75 Å². The van der Waals surface area contributed by atoms with E-state index in [0.717, 1.165) is 21.9 Å². The van der Waals surface area contributed by atoms with Crippen molar-refractivity contribution >= 4 is 34.5 Å². The van der Waals surface area contributed by atoms with E-state index in [9.17, 15) is 9.59 Å². The Hall–Kier alpha value is -4.45. The van der Waals surface area contributed by atoms with Gasteiger partial charge in [0.15, 0.2) is 0 Å². The molecule has 0 aliphatic rings. The zero-order chi connectivity index (χ0) is 23.0. The predicted molar refractivity (Wildman–Crippen MR) is 131 cm³/mol. The largest absolute Gasteiger partial charge is 0.488 e. The number of ether oxygens (including phenoxy) is 1. The van der Waals surface area contributed by atoms with Gasteiger partial charge in [-0.05, 0) is 46.7 Å². The fourth-order valence-electron chi connectivity index (χ4n) is 3.40. The quantitative estimate of drug-likeness (QED) is 0.310. The van der Waals surface area contributed by atoms with E-state index in [4.69, 9.17) is 4.74 Å². The first-order chi connectivity index (χ1) is 16.1. The molecule has 2 N–H and O–H groups in total. The number of hydrogen-bond acceptors (Lipinski definition) is 4. The van der Waals surface area contributed by atoms with Gasteiger partial charge in [-0.3, -0.25) is 9.59 Å². The van der Waals surface area contributed by atoms with Gasteiger partial charge in [-0.1, -0.05) is 60.7 Å². The number of fused-ring (bicyclic) bond motifs is 1. The van der Waals surface area contributed by atoms with Crippen molar-refractivity contribution in [3.05, 3.63) is 108 Å². The molecule has 0 saturated carbocycles. The number of nitrogens with zero attached hydrogens (tertiary/aromatic N) is 1. The minimum Gasteiger partial charge on any atom is -0.488 e. The standard InChI is InChI=1S/C27H23N3O3/c1-19(31)29-23-14-11-22(12-15-23)27(32)30-28-17-25-24-10-6-5-9-21(24)13-16-26(25)33-18-20-7-3-2-4-8-20/h2-17H,18H2,1H3,(H,29,31)(H,30,32)/b28-17-. The van der Waals surface area contributed by atoms with E-state index in [0.29, 0.717) is 23.6 Å². The van der Waals surface area contributed by atoms with E-state index in [2.05, 4.69) is 15.8 Å². The van der Waals surface area contributed by atoms with Gasteiger partial charge >= 0.3 is 0 Å². The second-order valence-electron chi connectivity index (χ2n) is 7.43. The average molecular weight is 437 g/mol. The minimum atomic E-state index is -0.354. The Kier molecular flexibility index (Phi) is 6.75. The van der Waals surface area contributed by atoms with Crippen LogP contribution in [0.25, 0.3) is 10.8 Å². The molecule has 4 aromatic rings. The van der Waals surface area contributed by atoms with Crippen molar-refractivity contribution in [1.82, 2.24) is 5.43 Å². The maximum Gasteiger partial charge on any atom is 0.271 e. The summed E-state index contributed by atoms with van der Waals surface area (Å²) in [6.07, 6.45) is 1.60. The molecule has 0 aromatic heterocycles. The molecule has 0 heterocycles. The van der Waals surface area contributed by atoms with Crippen LogP contribution in [0.3, 0.4) is 0 Å². The molecule has 0 aliphatic heterocycles. The summed E-state index contributed by atoms with van der Waals surface area (Å²) in [7, 11) is 0. The van der Waals surface area contributed by atoms with Crippen molar-refractivity contribution in [1.29, 1.82) is 0 Å². The van der Waals surface area contributed by atoms with E-state index in [1.165, 1.54) is 6.92 Å². The molecule has 0 fully saturated rings. The maximum absolute atomic E-state index is 12.5. The van der Waals surface area contributed by atoms with E-state index in [-0.39, 0.29) is 11.8 Å². The molecular weight excluding hydrogens is 414 g/mol.